The first-order valence-electron chi connectivity index (χ1n) is 6.17. The van der Waals surface area contributed by atoms with E-state index in [4.69, 9.17) is 11.1 Å². The van der Waals surface area contributed by atoms with Crippen molar-refractivity contribution in [1.29, 1.82) is 5.41 Å². The minimum absolute atomic E-state index is 0.121. The third-order valence-corrected chi connectivity index (χ3v) is 3.25. The van der Waals surface area contributed by atoms with E-state index < -0.39 is 0 Å². The molecule has 1 aliphatic heterocycles. The van der Waals surface area contributed by atoms with Crippen LogP contribution >= 0.6 is 0 Å². The van der Waals surface area contributed by atoms with Gasteiger partial charge in [-0.1, -0.05) is 0 Å². The van der Waals surface area contributed by atoms with Crippen LogP contribution in [0.4, 0.5) is 5.82 Å². The lowest BCUT2D eigenvalue weighted by atomic mass is 10.1. The molecule has 4 nitrogen and oxygen atoms in total. The van der Waals surface area contributed by atoms with Crippen molar-refractivity contribution in [3.8, 4) is 0 Å². The Bertz CT molecular complexity index is 433. The number of nitrogen functional groups attached to an aromatic ring is 1. The lowest BCUT2D eigenvalue weighted by Crippen LogP contribution is -2.33. The van der Waals surface area contributed by atoms with E-state index in [2.05, 4.69) is 9.88 Å². The van der Waals surface area contributed by atoms with Gasteiger partial charge in [0.2, 0.25) is 0 Å². The Morgan fingerprint density at radius 1 is 1.29 bits per heavy atom. The van der Waals surface area contributed by atoms with Crippen LogP contribution in [0.15, 0.2) is 6.07 Å². The number of anilines is 1. The second-order valence-corrected chi connectivity index (χ2v) is 4.74. The first-order chi connectivity index (χ1) is 8.09. The van der Waals surface area contributed by atoms with Crippen LogP contribution in [0, 0.1) is 19.3 Å². The molecular formula is C13H20N4. The fourth-order valence-electron chi connectivity index (χ4n) is 2.48. The van der Waals surface area contributed by atoms with Crippen molar-refractivity contribution in [3.63, 3.8) is 0 Å². The number of rotatable bonds is 2. The summed E-state index contributed by atoms with van der Waals surface area (Å²) >= 11 is 0. The summed E-state index contributed by atoms with van der Waals surface area (Å²) < 4.78 is 0. The van der Waals surface area contributed by atoms with Crippen LogP contribution < -0.4 is 10.6 Å². The molecule has 1 saturated heterocycles. The number of piperidine rings is 1. The highest BCUT2D eigenvalue weighted by atomic mass is 15.2. The lowest BCUT2D eigenvalue weighted by molar-refractivity contribution is 0.572. The molecule has 0 saturated carbocycles. The summed E-state index contributed by atoms with van der Waals surface area (Å²) in [5.74, 6) is 1.02. The fourth-order valence-corrected chi connectivity index (χ4v) is 2.48. The van der Waals surface area contributed by atoms with Crippen molar-refractivity contribution < 1.29 is 0 Å². The van der Waals surface area contributed by atoms with Crippen LogP contribution in [0.1, 0.15) is 36.1 Å². The van der Waals surface area contributed by atoms with E-state index in [1.165, 1.54) is 19.3 Å². The van der Waals surface area contributed by atoms with Gasteiger partial charge in [0.25, 0.3) is 0 Å². The molecule has 2 rings (SSSR count). The van der Waals surface area contributed by atoms with Gasteiger partial charge in [-0.25, -0.2) is 4.98 Å². The molecule has 1 aromatic rings. The number of nitrogens with zero attached hydrogens (tertiary/aromatic N) is 2. The van der Waals surface area contributed by atoms with Gasteiger partial charge in [-0.2, -0.15) is 0 Å². The Morgan fingerprint density at radius 3 is 2.53 bits per heavy atom. The van der Waals surface area contributed by atoms with Crippen LogP contribution in [0.25, 0.3) is 0 Å². The number of hydrogen-bond acceptors (Lipinski definition) is 3. The van der Waals surface area contributed by atoms with Gasteiger partial charge < -0.3 is 10.6 Å². The zero-order valence-electron chi connectivity index (χ0n) is 10.6. The third-order valence-electron chi connectivity index (χ3n) is 3.25. The van der Waals surface area contributed by atoms with Crippen molar-refractivity contribution in [2.24, 2.45) is 5.73 Å². The van der Waals surface area contributed by atoms with E-state index in [0.717, 1.165) is 35.7 Å². The molecule has 0 aromatic carbocycles. The number of amidine groups is 1. The molecular weight excluding hydrogens is 212 g/mol. The summed E-state index contributed by atoms with van der Waals surface area (Å²) in [6.45, 7) is 6.04. The van der Waals surface area contributed by atoms with E-state index in [9.17, 15) is 0 Å². The molecule has 0 aliphatic carbocycles. The van der Waals surface area contributed by atoms with E-state index >= 15 is 0 Å². The predicted octanol–water partition coefficient (Wildman–Crippen LogP) is 1.97. The molecule has 1 fully saturated rings. The monoisotopic (exact) mass is 232 g/mol. The normalized spacial score (nSPS) is 16.0. The van der Waals surface area contributed by atoms with E-state index in [1.54, 1.807) is 0 Å². The number of aryl methyl sites for hydroxylation is 2. The van der Waals surface area contributed by atoms with Gasteiger partial charge in [0.15, 0.2) is 0 Å². The summed E-state index contributed by atoms with van der Waals surface area (Å²) in [4.78, 5) is 6.85. The van der Waals surface area contributed by atoms with Crippen LogP contribution in [-0.4, -0.2) is 23.9 Å². The molecule has 92 valence electrons. The number of nitrogens with one attached hydrogen (secondary N) is 1. The molecule has 1 aliphatic rings. The lowest BCUT2D eigenvalue weighted by Gasteiger charge is -2.30. The molecule has 2 heterocycles. The average molecular weight is 232 g/mol. The molecule has 0 radical (unpaired) electrons. The summed E-state index contributed by atoms with van der Waals surface area (Å²) in [5.41, 5.74) is 8.53. The third kappa shape index (κ3) is 2.40. The Balaban J connectivity index is 2.46. The number of aromatic nitrogens is 1. The molecule has 17 heavy (non-hydrogen) atoms. The van der Waals surface area contributed by atoms with E-state index in [0.29, 0.717) is 0 Å². The highest BCUT2D eigenvalue weighted by Gasteiger charge is 2.19. The second kappa shape index (κ2) is 4.73. The zero-order chi connectivity index (χ0) is 12.4. The summed E-state index contributed by atoms with van der Waals surface area (Å²) in [7, 11) is 0. The van der Waals surface area contributed by atoms with Crippen molar-refractivity contribution >= 4 is 11.7 Å². The highest BCUT2D eigenvalue weighted by molar-refractivity contribution is 6.01. The number of nitrogens with two attached hydrogens (primary N) is 1. The van der Waals surface area contributed by atoms with E-state index in [-0.39, 0.29) is 5.84 Å². The summed E-state index contributed by atoms with van der Waals surface area (Å²) in [5, 5.41) is 7.72. The fraction of sp³-hybridized carbons (Fsp3) is 0.538. The predicted molar refractivity (Wildman–Crippen MR) is 70.8 cm³/mol. The molecule has 0 spiro atoms. The maximum atomic E-state index is 7.72. The minimum atomic E-state index is 0.121. The van der Waals surface area contributed by atoms with Crippen LogP contribution in [-0.2, 0) is 0 Å². The van der Waals surface area contributed by atoms with Gasteiger partial charge >= 0.3 is 0 Å². The van der Waals surface area contributed by atoms with Crippen molar-refractivity contribution in [1.82, 2.24) is 4.98 Å². The molecule has 0 atom stereocenters. The second-order valence-electron chi connectivity index (χ2n) is 4.74. The van der Waals surface area contributed by atoms with Gasteiger partial charge in [0, 0.05) is 18.8 Å². The molecule has 1 aromatic heterocycles. The van der Waals surface area contributed by atoms with Crippen LogP contribution in [0.3, 0.4) is 0 Å². The van der Waals surface area contributed by atoms with Crippen molar-refractivity contribution in [2.75, 3.05) is 18.0 Å². The average Bonchev–Trinajstić information content (AvgIpc) is 2.28. The quantitative estimate of drug-likeness (QED) is 0.605. The SMILES string of the molecule is Cc1cc(C)c(C(=N)N)c(N2CCCCC2)n1. The first-order valence-corrected chi connectivity index (χ1v) is 6.17. The minimum Gasteiger partial charge on any atom is -0.384 e. The van der Waals surface area contributed by atoms with E-state index in [1.807, 2.05) is 19.9 Å². The Morgan fingerprint density at radius 2 is 1.94 bits per heavy atom. The Labute approximate surface area is 102 Å². The van der Waals surface area contributed by atoms with Gasteiger partial charge in [0.05, 0.1) is 5.56 Å². The maximum absolute atomic E-state index is 7.72. The highest BCUT2D eigenvalue weighted by Crippen LogP contribution is 2.25. The summed E-state index contributed by atoms with van der Waals surface area (Å²) in [6, 6.07) is 1.99. The van der Waals surface area contributed by atoms with Crippen molar-refractivity contribution in [2.45, 2.75) is 33.1 Å². The maximum Gasteiger partial charge on any atom is 0.140 e. The molecule has 4 heteroatoms. The van der Waals surface area contributed by atoms with Crippen LogP contribution in [0.2, 0.25) is 0 Å². The standard InChI is InChI=1S/C13H20N4/c1-9-8-10(2)16-13(11(9)12(14)15)17-6-4-3-5-7-17/h8H,3-7H2,1-2H3,(H3,14,15). The first kappa shape index (κ1) is 11.9. The molecule has 0 amide bonds. The Hall–Kier alpha value is -1.58. The zero-order valence-corrected chi connectivity index (χ0v) is 10.6. The smallest absolute Gasteiger partial charge is 0.140 e. The number of pyridine rings is 1. The number of hydrogen-bond donors (Lipinski definition) is 2. The topological polar surface area (TPSA) is 66.0 Å². The molecule has 0 bridgehead atoms. The van der Waals surface area contributed by atoms with Gasteiger partial charge in [-0.15, -0.1) is 0 Å². The van der Waals surface area contributed by atoms with Gasteiger partial charge in [-0.3, -0.25) is 5.41 Å². The van der Waals surface area contributed by atoms with Crippen LogP contribution in [0.5, 0.6) is 0 Å². The van der Waals surface area contributed by atoms with Gasteiger partial charge in [0.1, 0.15) is 11.7 Å². The largest absolute Gasteiger partial charge is 0.384 e. The van der Waals surface area contributed by atoms with Gasteiger partial charge in [-0.05, 0) is 44.7 Å². The van der Waals surface area contributed by atoms with Crippen molar-refractivity contribution in [3.05, 3.63) is 22.9 Å². The summed E-state index contributed by atoms with van der Waals surface area (Å²) in [6.07, 6.45) is 3.69. The molecule has 0 unspecified atom stereocenters. The Kier molecular flexibility index (Phi) is 3.31. The molecule has 3 N–H and O–H groups in total.